The van der Waals surface area contributed by atoms with Crippen molar-refractivity contribution in [1.29, 1.82) is 0 Å². The van der Waals surface area contributed by atoms with Gasteiger partial charge in [0.1, 0.15) is 0 Å². The maximum atomic E-state index is 9.99. The van der Waals surface area contributed by atoms with Crippen molar-refractivity contribution in [3.8, 4) is 45.5 Å². The standard InChI is InChI=1S/C17H16N2O4/c1-19-13(10-6-7-14(20)16(8-10)23-2)9-12(18-19)11-4-3-5-15(21)17(11)22/h3-9,20-22H,1-2H3. The molecule has 3 aromatic rings. The molecule has 0 fully saturated rings. The number of aromatic hydroxyl groups is 3. The van der Waals surface area contributed by atoms with E-state index in [4.69, 9.17) is 4.74 Å². The van der Waals surface area contributed by atoms with Crippen LogP contribution in [0, 0.1) is 0 Å². The Balaban J connectivity index is 2.10. The Labute approximate surface area is 132 Å². The van der Waals surface area contributed by atoms with Gasteiger partial charge in [0.15, 0.2) is 23.0 Å². The van der Waals surface area contributed by atoms with Crippen LogP contribution in [0.1, 0.15) is 0 Å². The number of ether oxygens (including phenoxy) is 1. The smallest absolute Gasteiger partial charge is 0.167 e. The molecule has 1 aromatic heterocycles. The van der Waals surface area contributed by atoms with Crippen LogP contribution in [0.4, 0.5) is 0 Å². The van der Waals surface area contributed by atoms with Crippen LogP contribution >= 0.6 is 0 Å². The van der Waals surface area contributed by atoms with Gasteiger partial charge in [-0.1, -0.05) is 6.07 Å². The van der Waals surface area contributed by atoms with Crippen LogP contribution in [0.5, 0.6) is 23.0 Å². The molecule has 3 N–H and O–H groups in total. The SMILES string of the molecule is COc1cc(-c2cc(-c3cccc(O)c3O)nn2C)ccc1O. The number of phenols is 3. The third kappa shape index (κ3) is 2.55. The molecule has 118 valence electrons. The van der Waals surface area contributed by atoms with Crippen LogP contribution in [0.25, 0.3) is 22.5 Å². The highest BCUT2D eigenvalue weighted by Crippen LogP contribution is 2.38. The van der Waals surface area contributed by atoms with Gasteiger partial charge in [0.05, 0.1) is 18.5 Å². The first-order valence-electron chi connectivity index (χ1n) is 6.94. The number of para-hydroxylation sites is 1. The highest BCUT2D eigenvalue weighted by molar-refractivity contribution is 5.75. The number of aryl methyl sites for hydroxylation is 1. The highest BCUT2D eigenvalue weighted by Gasteiger charge is 2.15. The summed E-state index contributed by atoms with van der Waals surface area (Å²) >= 11 is 0. The molecule has 0 amide bonds. The monoisotopic (exact) mass is 312 g/mol. The first-order valence-corrected chi connectivity index (χ1v) is 6.94. The quantitative estimate of drug-likeness (QED) is 0.647. The molecule has 0 aliphatic heterocycles. The average molecular weight is 312 g/mol. The normalized spacial score (nSPS) is 10.7. The van der Waals surface area contributed by atoms with Gasteiger partial charge in [-0.2, -0.15) is 5.10 Å². The Morgan fingerprint density at radius 1 is 1.00 bits per heavy atom. The minimum absolute atomic E-state index is 0.0595. The topological polar surface area (TPSA) is 87.7 Å². The first kappa shape index (κ1) is 14.8. The van der Waals surface area contributed by atoms with Gasteiger partial charge in [0.2, 0.25) is 0 Å². The van der Waals surface area contributed by atoms with Gasteiger partial charge >= 0.3 is 0 Å². The first-order chi connectivity index (χ1) is 11.0. The van der Waals surface area contributed by atoms with Crippen LogP contribution < -0.4 is 4.74 Å². The average Bonchev–Trinajstić information content (AvgIpc) is 2.92. The minimum Gasteiger partial charge on any atom is -0.504 e. The maximum absolute atomic E-state index is 9.99. The van der Waals surface area contributed by atoms with E-state index in [2.05, 4.69) is 5.10 Å². The van der Waals surface area contributed by atoms with Crippen molar-refractivity contribution in [3.05, 3.63) is 42.5 Å². The Kier molecular flexibility index (Phi) is 3.57. The number of hydrogen-bond donors (Lipinski definition) is 3. The number of benzene rings is 2. The summed E-state index contributed by atoms with van der Waals surface area (Å²) in [6.07, 6.45) is 0. The van der Waals surface area contributed by atoms with Gasteiger partial charge in [-0.3, -0.25) is 4.68 Å². The summed E-state index contributed by atoms with van der Waals surface area (Å²) in [4.78, 5) is 0. The van der Waals surface area contributed by atoms with E-state index < -0.39 is 0 Å². The second kappa shape index (κ2) is 5.57. The molecule has 23 heavy (non-hydrogen) atoms. The third-order valence-corrected chi connectivity index (χ3v) is 3.65. The van der Waals surface area contributed by atoms with Crippen LogP contribution in [-0.2, 0) is 7.05 Å². The maximum Gasteiger partial charge on any atom is 0.167 e. The summed E-state index contributed by atoms with van der Waals surface area (Å²) in [5, 5.41) is 33.7. The molecular formula is C17H16N2O4. The molecule has 0 aliphatic carbocycles. The van der Waals surface area contributed by atoms with Crippen LogP contribution in [0.2, 0.25) is 0 Å². The highest BCUT2D eigenvalue weighted by atomic mass is 16.5. The van der Waals surface area contributed by atoms with Crippen molar-refractivity contribution in [2.75, 3.05) is 7.11 Å². The molecule has 3 rings (SSSR count). The number of methoxy groups -OCH3 is 1. The molecule has 0 spiro atoms. The van der Waals surface area contributed by atoms with E-state index in [0.717, 1.165) is 11.3 Å². The van der Waals surface area contributed by atoms with Crippen LogP contribution in [0.3, 0.4) is 0 Å². The number of nitrogens with zero attached hydrogens (tertiary/aromatic N) is 2. The van der Waals surface area contributed by atoms with E-state index in [1.165, 1.54) is 13.2 Å². The molecule has 0 saturated carbocycles. The lowest BCUT2D eigenvalue weighted by atomic mass is 10.1. The largest absolute Gasteiger partial charge is 0.504 e. The number of hydrogen-bond acceptors (Lipinski definition) is 5. The zero-order valence-corrected chi connectivity index (χ0v) is 12.7. The van der Waals surface area contributed by atoms with Crippen LogP contribution in [0.15, 0.2) is 42.5 Å². The molecule has 0 aliphatic rings. The molecule has 0 atom stereocenters. The van der Waals surface area contributed by atoms with E-state index in [9.17, 15) is 15.3 Å². The van der Waals surface area contributed by atoms with Crippen molar-refractivity contribution in [2.24, 2.45) is 7.05 Å². The van der Waals surface area contributed by atoms with Crippen molar-refractivity contribution in [1.82, 2.24) is 9.78 Å². The molecule has 1 heterocycles. The molecule has 2 aromatic carbocycles. The van der Waals surface area contributed by atoms with Gasteiger partial charge in [0.25, 0.3) is 0 Å². The summed E-state index contributed by atoms with van der Waals surface area (Å²) in [7, 11) is 3.26. The lowest BCUT2D eigenvalue weighted by Crippen LogP contribution is -1.94. The lowest BCUT2D eigenvalue weighted by molar-refractivity contribution is 0.373. The summed E-state index contributed by atoms with van der Waals surface area (Å²) in [5.74, 6) is 0.0242. The molecular weight excluding hydrogens is 296 g/mol. The summed E-state index contributed by atoms with van der Waals surface area (Å²) in [5.41, 5.74) is 2.56. The van der Waals surface area contributed by atoms with Crippen molar-refractivity contribution >= 4 is 0 Å². The predicted octanol–water partition coefficient (Wildman–Crippen LogP) is 2.88. The molecule has 0 radical (unpaired) electrons. The fourth-order valence-electron chi connectivity index (χ4n) is 2.44. The van der Waals surface area contributed by atoms with Crippen molar-refractivity contribution < 1.29 is 20.1 Å². The zero-order valence-electron chi connectivity index (χ0n) is 12.7. The van der Waals surface area contributed by atoms with Crippen molar-refractivity contribution in [2.45, 2.75) is 0 Å². The van der Waals surface area contributed by atoms with Crippen LogP contribution in [-0.4, -0.2) is 32.2 Å². The van der Waals surface area contributed by atoms with Crippen molar-refractivity contribution in [3.63, 3.8) is 0 Å². The van der Waals surface area contributed by atoms with E-state index >= 15 is 0 Å². The summed E-state index contributed by atoms with van der Waals surface area (Å²) in [6.45, 7) is 0. The van der Waals surface area contributed by atoms with E-state index in [-0.39, 0.29) is 17.2 Å². The van der Waals surface area contributed by atoms with Gasteiger partial charge in [-0.15, -0.1) is 0 Å². The Bertz CT molecular complexity index is 871. The van der Waals surface area contributed by atoms with Gasteiger partial charge < -0.3 is 20.1 Å². The fraction of sp³-hybridized carbons (Fsp3) is 0.118. The van der Waals surface area contributed by atoms with Gasteiger partial charge in [0, 0.05) is 18.2 Å². The fourth-order valence-corrected chi connectivity index (χ4v) is 2.44. The molecule has 0 saturated heterocycles. The number of phenolic OH excluding ortho intramolecular Hbond substituents is 3. The third-order valence-electron chi connectivity index (χ3n) is 3.65. The molecule has 6 nitrogen and oxygen atoms in total. The molecule has 0 bridgehead atoms. The summed E-state index contributed by atoms with van der Waals surface area (Å²) < 4.78 is 6.78. The van der Waals surface area contributed by atoms with E-state index in [1.807, 2.05) is 0 Å². The molecule has 6 heteroatoms. The minimum atomic E-state index is -0.208. The van der Waals surface area contributed by atoms with Gasteiger partial charge in [-0.25, -0.2) is 0 Å². The van der Waals surface area contributed by atoms with E-state index in [0.29, 0.717) is 17.0 Å². The predicted molar refractivity (Wildman–Crippen MR) is 85.6 cm³/mol. The second-order valence-corrected chi connectivity index (χ2v) is 5.10. The lowest BCUT2D eigenvalue weighted by Gasteiger charge is -2.06. The van der Waals surface area contributed by atoms with E-state index in [1.54, 1.807) is 48.1 Å². The number of rotatable bonds is 3. The zero-order chi connectivity index (χ0) is 16.6. The number of aromatic nitrogens is 2. The second-order valence-electron chi connectivity index (χ2n) is 5.10. The summed E-state index contributed by atoms with van der Waals surface area (Å²) in [6, 6.07) is 11.5. The molecule has 0 unspecified atom stereocenters. The Morgan fingerprint density at radius 3 is 2.52 bits per heavy atom. The Hall–Kier alpha value is -3.15. The Morgan fingerprint density at radius 2 is 1.78 bits per heavy atom. The van der Waals surface area contributed by atoms with Gasteiger partial charge in [-0.05, 0) is 36.4 Å².